The second kappa shape index (κ2) is 6.76. The lowest BCUT2D eigenvalue weighted by Crippen LogP contribution is -2.41. The van der Waals surface area contributed by atoms with Crippen LogP contribution in [0.25, 0.3) is 0 Å². The zero-order valence-corrected chi connectivity index (χ0v) is 14.9. The monoisotopic (exact) mass is 347 g/mol. The number of aromatic nitrogens is 1. The molecular formula is C17H21N3O3S. The summed E-state index contributed by atoms with van der Waals surface area (Å²) < 4.78 is 5.04. The summed E-state index contributed by atoms with van der Waals surface area (Å²) in [7, 11) is 0. The molecule has 128 valence electrons. The summed E-state index contributed by atoms with van der Waals surface area (Å²) in [5.74, 6) is 0.405. The van der Waals surface area contributed by atoms with E-state index in [2.05, 4.69) is 22.9 Å². The van der Waals surface area contributed by atoms with Crippen LogP contribution in [0.15, 0.2) is 10.6 Å². The molecule has 1 atom stereocenters. The molecule has 7 heteroatoms. The first-order chi connectivity index (χ1) is 11.5. The molecule has 0 spiro atoms. The van der Waals surface area contributed by atoms with Crippen molar-refractivity contribution in [3.63, 3.8) is 0 Å². The van der Waals surface area contributed by atoms with E-state index < -0.39 is 5.91 Å². The van der Waals surface area contributed by atoms with Crippen LogP contribution in [-0.2, 0) is 19.3 Å². The fourth-order valence-electron chi connectivity index (χ4n) is 3.01. The summed E-state index contributed by atoms with van der Waals surface area (Å²) in [4.78, 5) is 26.5. The van der Waals surface area contributed by atoms with Crippen LogP contribution >= 0.6 is 11.3 Å². The van der Waals surface area contributed by atoms with Crippen molar-refractivity contribution in [2.45, 2.75) is 46.5 Å². The van der Waals surface area contributed by atoms with Gasteiger partial charge in [-0.1, -0.05) is 19.0 Å². The van der Waals surface area contributed by atoms with Gasteiger partial charge in [0.1, 0.15) is 11.3 Å². The third-order valence-corrected chi connectivity index (χ3v) is 5.57. The number of amides is 2. The van der Waals surface area contributed by atoms with Crippen LogP contribution in [0, 0.1) is 12.8 Å². The summed E-state index contributed by atoms with van der Waals surface area (Å²) >= 11 is 1.51. The Morgan fingerprint density at radius 1 is 1.38 bits per heavy atom. The first-order valence-corrected chi connectivity index (χ1v) is 8.98. The Balaban J connectivity index is 1.65. The predicted octanol–water partition coefficient (Wildman–Crippen LogP) is 2.81. The van der Waals surface area contributed by atoms with Gasteiger partial charge in [-0.15, -0.1) is 11.3 Å². The second-order valence-corrected chi connectivity index (χ2v) is 7.37. The summed E-state index contributed by atoms with van der Waals surface area (Å²) in [6, 6.07) is 1.94. The van der Waals surface area contributed by atoms with Crippen molar-refractivity contribution in [3.05, 3.63) is 38.4 Å². The van der Waals surface area contributed by atoms with Gasteiger partial charge < -0.3 is 4.52 Å². The van der Waals surface area contributed by atoms with E-state index in [-0.39, 0.29) is 5.91 Å². The third kappa shape index (κ3) is 3.21. The Morgan fingerprint density at radius 3 is 2.88 bits per heavy atom. The number of hydrogen-bond donors (Lipinski definition) is 2. The van der Waals surface area contributed by atoms with Crippen LogP contribution in [-0.4, -0.2) is 17.0 Å². The minimum Gasteiger partial charge on any atom is -0.361 e. The van der Waals surface area contributed by atoms with E-state index in [1.165, 1.54) is 21.8 Å². The first-order valence-electron chi connectivity index (χ1n) is 8.17. The molecule has 0 aliphatic heterocycles. The highest BCUT2D eigenvalue weighted by atomic mass is 32.1. The molecule has 2 amide bonds. The van der Waals surface area contributed by atoms with Gasteiger partial charge in [-0.2, -0.15) is 0 Å². The van der Waals surface area contributed by atoms with E-state index in [0.29, 0.717) is 34.2 Å². The predicted molar refractivity (Wildman–Crippen MR) is 91.1 cm³/mol. The Labute approximate surface area is 144 Å². The Bertz CT molecular complexity index is 778. The number of carbonyl (C=O) groups excluding carboxylic acids is 2. The molecule has 0 radical (unpaired) electrons. The highest BCUT2D eigenvalue weighted by Crippen LogP contribution is 2.32. The zero-order chi connectivity index (χ0) is 17.3. The van der Waals surface area contributed by atoms with Gasteiger partial charge >= 0.3 is 0 Å². The minimum atomic E-state index is -0.408. The van der Waals surface area contributed by atoms with Crippen molar-refractivity contribution in [1.29, 1.82) is 0 Å². The zero-order valence-electron chi connectivity index (χ0n) is 14.1. The molecule has 6 nitrogen and oxygen atoms in total. The molecule has 1 aliphatic rings. The number of fused-ring (bicyclic) bond motifs is 1. The molecule has 0 aromatic carbocycles. The first kappa shape index (κ1) is 16.7. The highest BCUT2D eigenvalue weighted by molar-refractivity contribution is 7.14. The fourth-order valence-corrected chi connectivity index (χ4v) is 4.11. The number of thiophene rings is 1. The van der Waals surface area contributed by atoms with E-state index in [1.807, 2.05) is 13.0 Å². The lowest BCUT2D eigenvalue weighted by Gasteiger charge is -2.16. The molecule has 2 aromatic heterocycles. The van der Waals surface area contributed by atoms with Gasteiger partial charge in [-0.25, -0.2) is 0 Å². The number of hydrazine groups is 1. The number of hydrogen-bond acceptors (Lipinski definition) is 5. The van der Waals surface area contributed by atoms with Gasteiger partial charge in [-0.3, -0.25) is 20.4 Å². The molecule has 0 saturated heterocycles. The number of aryl methyl sites for hydroxylation is 3. The smallest absolute Gasteiger partial charge is 0.279 e. The van der Waals surface area contributed by atoms with Crippen LogP contribution < -0.4 is 10.9 Å². The molecule has 3 rings (SSSR count). The fraction of sp³-hybridized carbons (Fsp3) is 0.471. The number of nitrogens with one attached hydrogen (secondary N) is 2. The maximum absolute atomic E-state index is 12.3. The average Bonchev–Trinajstić information content (AvgIpc) is 3.14. The molecule has 0 saturated carbocycles. The topological polar surface area (TPSA) is 84.2 Å². The van der Waals surface area contributed by atoms with Gasteiger partial charge in [0.2, 0.25) is 0 Å². The average molecular weight is 347 g/mol. The minimum absolute atomic E-state index is 0.289. The highest BCUT2D eigenvalue weighted by Gasteiger charge is 2.22. The van der Waals surface area contributed by atoms with Crippen molar-refractivity contribution in [2.75, 3.05) is 0 Å². The van der Waals surface area contributed by atoms with Gasteiger partial charge in [0, 0.05) is 4.88 Å². The van der Waals surface area contributed by atoms with Gasteiger partial charge in [-0.05, 0) is 50.2 Å². The van der Waals surface area contributed by atoms with Crippen LogP contribution in [0.4, 0.5) is 0 Å². The largest absolute Gasteiger partial charge is 0.361 e. The molecular weight excluding hydrogens is 326 g/mol. The molecule has 2 heterocycles. The van der Waals surface area contributed by atoms with Gasteiger partial charge in [0.25, 0.3) is 11.8 Å². The van der Waals surface area contributed by atoms with Crippen LogP contribution in [0.3, 0.4) is 0 Å². The maximum atomic E-state index is 12.3. The molecule has 0 bridgehead atoms. The summed E-state index contributed by atoms with van der Waals surface area (Å²) in [5, 5.41) is 3.85. The molecule has 1 aliphatic carbocycles. The second-order valence-electron chi connectivity index (χ2n) is 6.23. The van der Waals surface area contributed by atoms with Gasteiger partial charge in [0.05, 0.1) is 10.6 Å². The lowest BCUT2D eigenvalue weighted by atomic mass is 9.90. The van der Waals surface area contributed by atoms with E-state index in [9.17, 15) is 9.59 Å². The van der Waals surface area contributed by atoms with Crippen molar-refractivity contribution in [2.24, 2.45) is 5.92 Å². The van der Waals surface area contributed by atoms with E-state index in [0.717, 1.165) is 19.3 Å². The van der Waals surface area contributed by atoms with Crippen molar-refractivity contribution < 1.29 is 14.1 Å². The van der Waals surface area contributed by atoms with Crippen LogP contribution in [0.5, 0.6) is 0 Å². The number of nitrogens with zero attached hydrogens (tertiary/aromatic N) is 1. The third-order valence-electron chi connectivity index (χ3n) is 4.34. The standard InChI is InChI=1S/C17H21N3O3S/c1-4-12-15(10(3)23-20-12)17(22)19-18-16(21)14-8-11-7-9(2)5-6-13(11)24-14/h8-9H,4-7H2,1-3H3,(H,18,21)(H,19,22)/t9-/m0/s1. The number of carbonyl (C=O) groups is 2. The summed E-state index contributed by atoms with van der Waals surface area (Å²) in [6.07, 6.45) is 3.80. The Hall–Kier alpha value is -2.15. The molecule has 0 unspecified atom stereocenters. The van der Waals surface area contributed by atoms with E-state index >= 15 is 0 Å². The lowest BCUT2D eigenvalue weighted by molar-refractivity contribution is 0.0847. The Morgan fingerprint density at radius 2 is 2.12 bits per heavy atom. The molecule has 2 aromatic rings. The van der Waals surface area contributed by atoms with Crippen molar-refractivity contribution in [1.82, 2.24) is 16.0 Å². The maximum Gasteiger partial charge on any atom is 0.279 e. The quantitative estimate of drug-likeness (QED) is 0.836. The summed E-state index contributed by atoms with van der Waals surface area (Å²) in [6.45, 7) is 5.80. The molecule has 24 heavy (non-hydrogen) atoms. The van der Waals surface area contributed by atoms with Crippen molar-refractivity contribution >= 4 is 23.2 Å². The van der Waals surface area contributed by atoms with Crippen LogP contribution in [0.2, 0.25) is 0 Å². The number of rotatable bonds is 3. The van der Waals surface area contributed by atoms with E-state index in [1.54, 1.807) is 6.92 Å². The Kier molecular flexibility index (Phi) is 4.71. The van der Waals surface area contributed by atoms with E-state index in [4.69, 9.17) is 4.52 Å². The normalized spacial score (nSPS) is 16.5. The SMILES string of the molecule is CCc1noc(C)c1C(=O)NNC(=O)c1cc2c(s1)CC[C@H](C)C2. The summed E-state index contributed by atoms with van der Waals surface area (Å²) in [5.41, 5.74) is 7.18. The van der Waals surface area contributed by atoms with Crippen LogP contribution in [0.1, 0.15) is 62.2 Å². The molecule has 2 N–H and O–H groups in total. The van der Waals surface area contributed by atoms with Gasteiger partial charge in [0.15, 0.2) is 0 Å². The molecule has 0 fully saturated rings. The van der Waals surface area contributed by atoms with Crippen molar-refractivity contribution in [3.8, 4) is 0 Å².